The van der Waals surface area contributed by atoms with Crippen molar-refractivity contribution in [1.29, 1.82) is 0 Å². The van der Waals surface area contributed by atoms with Crippen LogP contribution in [0.4, 0.5) is 0 Å². The van der Waals surface area contributed by atoms with Crippen LogP contribution in [-0.4, -0.2) is 31.3 Å². The van der Waals surface area contributed by atoms with E-state index in [9.17, 15) is 5.21 Å². The van der Waals surface area contributed by atoms with E-state index >= 15 is 0 Å². The molecule has 90 valence electrons. The van der Waals surface area contributed by atoms with Gasteiger partial charge in [-0.25, -0.2) is 0 Å². The van der Waals surface area contributed by atoms with Crippen LogP contribution >= 0.6 is 0 Å². The van der Waals surface area contributed by atoms with Crippen molar-refractivity contribution in [2.75, 3.05) is 0 Å². The van der Waals surface area contributed by atoms with E-state index in [0.717, 1.165) is 12.8 Å². The lowest BCUT2D eigenvalue weighted by Gasteiger charge is -2.60. The lowest BCUT2D eigenvalue weighted by molar-refractivity contribution is -0.0413. The Labute approximate surface area is 95.1 Å². The molecule has 0 aromatic heterocycles. The van der Waals surface area contributed by atoms with Crippen molar-refractivity contribution in [2.45, 2.75) is 70.8 Å². The largest absolute Gasteiger partial charge is 0.784 e. The number of nitrogens with zero attached hydrogens (tertiary/aromatic N) is 1. The van der Waals surface area contributed by atoms with Gasteiger partial charge < -0.3 is 14.7 Å². The molecule has 0 radical (unpaired) electrons. The van der Waals surface area contributed by atoms with Crippen LogP contribution in [0.5, 0.6) is 0 Å². The molecule has 0 aliphatic carbocycles. The Morgan fingerprint density at radius 3 is 1.87 bits per heavy atom. The van der Waals surface area contributed by atoms with Crippen molar-refractivity contribution in [2.24, 2.45) is 0 Å². The maximum absolute atomic E-state index is 12.1. The first-order valence-corrected chi connectivity index (χ1v) is 8.56. The second-order valence-electron chi connectivity index (χ2n) is 6.13. The first-order valence-electron chi connectivity index (χ1n) is 5.78. The summed E-state index contributed by atoms with van der Waals surface area (Å²) in [5.41, 5.74) is -0.592. The molecule has 1 fully saturated rings. The molecule has 0 amide bonds. The smallest absolute Gasteiger partial charge is 0.171 e. The number of rotatable bonds is 2. The third-order valence-electron chi connectivity index (χ3n) is 3.02. The Balaban J connectivity index is 2.75. The molecule has 0 bridgehead atoms. The molecule has 1 rings (SSSR count). The van der Waals surface area contributed by atoms with Gasteiger partial charge >= 0.3 is 0 Å². The SMILES string of the molecule is C[SiH](C)OC1CC(C)(C)N([O-])C(C)(C)C1. The molecule has 1 aliphatic heterocycles. The third-order valence-corrected chi connectivity index (χ3v) is 3.95. The molecule has 15 heavy (non-hydrogen) atoms. The topological polar surface area (TPSA) is 35.5 Å². The van der Waals surface area contributed by atoms with Crippen molar-refractivity contribution in [3.63, 3.8) is 0 Å². The molecular formula is C11H24NO2Si-. The first-order chi connectivity index (χ1) is 6.65. The highest BCUT2D eigenvalue weighted by Crippen LogP contribution is 2.38. The van der Waals surface area contributed by atoms with Crippen LogP contribution in [0.25, 0.3) is 0 Å². The minimum absolute atomic E-state index is 0.270. The van der Waals surface area contributed by atoms with Crippen LogP contribution < -0.4 is 0 Å². The molecule has 4 heteroatoms. The molecule has 0 N–H and O–H groups in total. The maximum Gasteiger partial charge on any atom is 0.171 e. The molecule has 1 saturated heterocycles. The zero-order valence-corrected chi connectivity index (χ0v) is 12.0. The second kappa shape index (κ2) is 4.16. The monoisotopic (exact) mass is 230 g/mol. The molecule has 0 saturated carbocycles. The van der Waals surface area contributed by atoms with Gasteiger partial charge in [-0.05, 0) is 53.6 Å². The van der Waals surface area contributed by atoms with E-state index in [1.165, 1.54) is 5.06 Å². The summed E-state index contributed by atoms with van der Waals surface area (Å²) in [5, 5.41) is 13.3. The Hall–Kier alpha value is 0.0969. The molecule has 0 aromatic carbocycles. The Morgan fingerprint density at radius 1 is 1.13 bits per heavy atom. The lowest BCUT2D eigenvalue weighted by Crippen LogP contribution is -2.59. The van der Waals surface area contributed by atoms with Gasteiger partial charge in [-0.2, -0.15) is 0 Å². The first kappa shape index (κ1) is 13.2. The predicted molar refractivity (Wildman–Crippen MR) is 66.3 cm³/mol. The average Bonchev–Trinajstić information content (AvgIpc) is 1.97. The molecule has 1 aliphatic rings. The van der Waals surface area contributed by atoms with Gasteiger partial charge in [0.2, 0.25) is 0 Å². The molecule has 0 spiro atoms. The van der Waals surface area contributed by atoms with Gasteiger partial charge in [0.05, 0.1) is 0 Å². The van der Waals surface area contributed by atoms with Crippen LogP contribution in [0, 0.1) is 5.21 Å². The van der Waals surface area contributed by atoms with Crippen molar-refractivity contribution in [1.82, 2.24) is 5.06 Å². The highest BCUT2D eigenvalue weighted by atomic mass is 28.3. The van der Waals surface area contributed by atoms with Gasteiger partial charge in [-0.3, -0.25) is 0 Å². The molecule has 0 unspecified atom stereocenters. The normalized spacial score (nSPS) is 27.2. The van der Waals surface area contributed by atoms with E-state index in [1.807, 2.05) is 27.7 Å². The van der Waals surface area contributed by atoms with Gasteiger partial charge in [0.1, 0.15) is 0 Å². The lowest BCUT2D eigenvalue weighted by atomic mass is 9.80. The van der Waals surface area contributed by atoms with E-state index in [0.29, 0.717) is 0 Å². The summed E-state index contributed by atoms with van der Waals surface area (Å²) in [6.07, 6.45) is 1.97. The van der Waals surface area contributed by atoms with Crippen LogP contribution in [0.1, 0.15) is 40.5 Å². The van der Waals surface area contributed by atoms with Gasteiger partial charge in [0, 0.05) is 17.2 Å². The van der Waals surface area contributed by atoms with Gasteiger partial charge in [0.25, 0.3) is 0 Å². The van der Waals surface area contributed by atoms with E-state index in [2.05, 4.69) is 13.1 Å². The number of hydroxylamine groups is 2. The minimum atomic E-state index is -1.00. The fourth-order valence-electron chi connectivity index (χ4n) is 2.65. The van der Waals surface area contributed by atoms with Gasteiger partial charge in [-0.1, -0.05) is 0 Å². The number of hydrogen-bond acceptors (Lipinski definition) is 3. The number of hydrogen-bond donors (Lipinski definition) is 0. The summed E-state index contributed by atoms with van der Waals surface area (Å²) in [6.45, 7) is 12.4. The summed E-state index contributed by atoms with van der Waals surface area (Å²) in [7, 11) is -1.00. The highest BCUT2D eigenvalue weighted by Gasteiger charge is 2.40. The van der Waals surface area contributed by atoms with Crippen LogP contribution in [0.2, 0.25) is 13.1 Å². The number of piperidine rings is 1. The summed E-state index contributed by atoms with van der Waals surface area (Å²) >= 11 is 0. The van der Waals surface area contributed by atoms with Crippen LogP contribution in [0.3, 0.4) is 0 Å². The van der Waals surface area contributed by atoms with Crippen molar-refractivity contribution in [3.8, 4) is 0 Å². The van der Waals surface area contributed by atoms with E-state index < -0.39 is 9.04 Å². The summed E-state index contributed by atoms with van der Waals surface area (Å²) in [4.78, 5) is 0. The van der Waals surface area contributed by atoms with E-state index in [-0.39, 0.29) is 17.2 Å². The van der Waals surface area contributed by atoms with Crippen LogP contribution in [-0.2, 0) is 4.43 Å². The highest BCUT2D eigenvalue weighted by molar-refractivity contribution is 6.48. The van der Waals surface area contributed by atoms with Gasteiger partial charge in [0.15, 0.2) is 9.04 Å². The Morgan fingerprint density at radius 2 is 1.53 bits per heavy atom. The fourth-order valence-corrected chi connectivity index (χ4v) is 3.62. The van der Waals surface area contributed by atoms with E-state index in [4.69, 9.17) is 4.43 Å². The predicted octanol–water partition coefficient (Wildman–Crippen LogP) is 2.51. The standard InChI is InChI=1S/C11H24NO2Si/c1-10(2)7-9(14-15(5)6)8-11(3,4)12(10)13/h9,15H,7-8H2,1-6H3/q-1. The molecule has 1 heterocycles. The van der Waals surface area contributed by atoms with Crippen molar-refractivity contribution >= 4 is 9.04 Å². The van der Waals surface area contributed by atoms with Crippen molar-refractivity contribution in [3.05, 3.63) is 5.21 Å². The summed E-state index contributed by atoms with van der Waals surface area (Å²) in [6, 6.07) is 0. The van der Waals surface area contributed by atoms with Gasteiger partial charge in [-0.15, -0.1) is 0 Å². The summed E-state index contributed by atoms with van der Waals surface area (Å²) in [5.74, 6) is 0. The van der Waals surface area contributed by atoms with Crippen LogP contribution in [0.15, 0.2) is 0 Å². The average molecular weight is 230 g/mol. The van der Waals surface area contributed by atoms with Crippen molar-refractivity contribution < 1.29 is 4.43 Å². The Bertz CT molecular complexity index is 211. The Kier molecular flexibility index (Phi) is 3.65. The molecule has 0 atom stereocenters. The summed E-state index contributed by atoms with van der Waals surface area (Å²) < 4.78 is 5.98. The maximum atomic E-state index is 12.1. The minimum Gasteiger partial charge on any atom is -0.784 e. The zero-order valence-electron chi connectivity index (χ0n) is 10.8. The second-order valence-corrected chi connectivity index (χ2v) is 8.50. The quantitative estimate of drug-likeness (QED) is 0.684. The fraction of sp³-hybridized carbons (Fsp3) is 1.00. The zero-order chi connectivity index (χ0) is 11.9. The molecular weight excluding hydrogens is 206 g/mol. The molecule has 0 aromatic rings. The van der Waals surface area contributed by atoms with E-state index in [1.54, 1.807) is 0 Å². The molecule has 3 nitrogen and oxygen atoms in total. The third kappa shape index (κ3) is 3.03.